The Morgan fingerprint density at radius 1 is 1.04 bits per heavy atom. The largest absolute Gasteiger partial charge is 0.485 e. The Bertz CT molecular complexity index is 1730. The van der Waals surface area contributed by atoms with Crippen LogP contribution in [0.1, 0.15) is 67.6 Å². The van der Waals surface area contributed by atoms with Crippen LogP contribution < -0.4 is 14.4 Å². The number of allylic oxidation sites excluding steroid dienone is 1. The number of amides is 1. The van der Waals surface area contributed by atoms with Crippen LogP contribution in [0.15, 0.2) is 42.5 Å². The number of halogens is 1. The van der Waals surface area contributed by atoms with Crippen LogP contribution >= 0.6 is 11.6 Å². The number of benzene rings is 1. The van der Waals surface area contributed by atoms with Gasteiger partial charge in [-0.25, -0.2) is 18.1 Å². The number of aryl methyl sites for hydroxylation is 1. The number of ether oxygens (including phenoxy) is 3. The standard InChI is InChI=1S/C39H54ClN5O6S/c1-27-7-6-15-39(49-3,26-43-17-19-44(20-18-43)33-24-50-25-33)34-12-10-30(34)22-45-16-5-4-8-29-21-32(40)11-9-31(29)23-51-36-14-13-35(41-37(36)45)38(46)42-52(47,48)28(27)2/h6,9,11,13-15,21,27-28,30,33-34H,4-5,7-8,10,12,16-20,22-26H2,1-3H3,(H,42,46)/b15-6+/t27-,28+,30-,34+,39+/m0/s1. The zero-order valence-corrected chi connectivity index (χ0v) is 32.3. The molecule has 11 nitrogen and oxygen atoms in total. The fourth-order valence-electron chi connectivity index (χ4n) is 8.54. The summed E-state index contributed by atoms with van der Waals surface area (Å²) in [6.07, 6.45) is 9.72. The van der Waals surface area contributed by atoms with Crippen molar-refractivity contribution in [2.75, 3.05) is 71.0 Å². The van der Waals surface area contributed by atoms with Crippen molar-refractivity contribution in [2.24, 2.45) is 17.8 Å². The molecule has 52 heavy (non-hydrogen) atoms. The van der Waals surface area contributed by atoms with Gasteiger partial charge >= 0.3 is 0 Å². The Balaban J connectivity index is 1.23. The van der Waals surface area contributed by atoms with E-state index in [4.69, 9.17) is 30.8 Å². The minimum atomic E-state index is -3.99. The van der Waals surface area contributed by atoms with E-state index in [1.54, 1.807) is 19.1 Å². The number of anilines is 1. The number of fused-ring (bicyclic) bond motifs is 3. The van der Waals surface area contributed by atoms with Crippen molar-refractivity contribution < 1.29 is 27.4 Å². The average molecular weight is 756 g/mol. The maximum absolute atomic E-state index is 13.6. The molecule has 3 fully saturated rings. The summed E-state index contributed by atoms with van der Waals surface area (Å²) in [4.78, 5) is 25.8. The number of carbonyl (C=O) groups excluding carboxylic acids is 1. The average Bonchev–Trinajstić information content (AvgIpc) is 3.12. The third kappa shape index (κ3) is 8.03. The van der Waals surface area contributed by atoms with Gasteiger partial charge in [0, 0.05) is 57.9 Å². The molecule has 1 aromatic carbocycles. The Morgan fingerprint density at radius 3 is 2.56 bits per heavy atom. The molecule has 1 amide bonds. The first-order valence-corrected chi connectivity index (χ1v) is 21.0. The van der Waals surface area contributed by atoms with E-state index < -0.39 is 26.8 Å². The second-order valence-electron chi connectivity index (χ2n) is 15.5. The minimum absolute atomic E-state index is 0.0498. The molecule has 5 heterocycles. The van der Waals surface area contributed by atoms with E-state index in [2.05, 4.69) is 31.6 Å². The smallest absolute Gasteiger partial charge is 0.283 e. The normalized spacial score (nSPS) is 31.4. The molecule has 4 aliphatic heterocycles. The SMILES string of the molecule is CO[C@@]1(CN2CCN(C3COC3)CC2)/C=C/C[C@H](C)[C@@H](C)S(=O)(=O)NC(=O)c2ccc3c(n2)N(CCCCc2cc(Cl)ccc2CO3)C[C@@H]2CC[C@H]21. The van der Waals surface area contributed by atoms with E-state index in [0.29, 0.717) is 48.1 Å². The lowest BCUT2D eigenvalue weighted by Crippen LogP contribution is -2.61. The number of methoxy groups -OCH3 is 1. The van der Waals surface area contributed by atoms with Gasteiger partial charge in [0.25, 0.3) is 5.91 Å². The molecule has 0 radical (unpaired) electrons. The molecule has 5 aliphatic rings. The van der Waals surface area contributed by atoms with Crippen LogP contribution in [0, 0.1) is 17.8 Å². The Labute approximate surface area is 314 Å². The molecule has 7 rings (SSSR count). The highest BCUT2D eigenvalue weighted by Crippen LogP contribution is 2.46. The number of pyridine rings is 1. The van der Waals surface area contributed by atoms with Crippen molar-refractivity contribution >= 4 is 33.3 Å². The molecule has 13 heteroatoms. The van der Waals surface area contributed by atoms with E-state index in [1.807, 2.05) is 32.2 Å². The van der Waals surface area contributed by atoms with Gasteiger partial charge in [-0.05, 0) is 98.6 Å². The first-order chi connectivity index (χ1) is 25.0. The van der Waals surface area contributed by atoms with Gasteiger partial charge in [0.05, 0.1) is 24.5 Å². The molecule has 1 aliphatic carbocycles. The Morgan fingerprint density at radius 2 is 1.85 bits per heavy atom. The molecule has 2 saturated heterocycles. The van der Waals surface area contributed by atoms with Crippen molar-refractivity contribution in [3.63, 3.8) is 0 Å². The first kappa shape index (κ1) is 37.6. The van der Waals surface area contributed by atoms with Crippen LogP contribution in [-0.2, 0) is 32.5 Å². The van der Waals surface area contributed by atoms with Gasteiger partial charge in [0.15, 0.2) is 11.6 Å². The molecule has 5 atom stereocenters. The molecule has 284 valence electrons. The maximum atomic E-state index is 13.6. The van der Waals surface area contributed by atoms with Crippen molar-refractivity contribution in [3.05, 3.63) is 64.3 Å². The highest BCUT2D eigenvalue weighted by molar-refractivity contribution is 7.90. The fraction of sp³-hybridized carbons (Fsp3) is 0.641. The highest BCUT2D eigenvalue weighted by atomic mass is 35.5. The van der Waals surface area contributed by atoms with Gasteiger partial charge in [-0.3, -0.25) is 14.6 Å². The molecule has 2 aromatic rings. The summed E-state index contributed by atoms with van der Waals surface area (Å²) >= 11 is 6.39. The number of carbonyl (C=O) groups is 1. The van der Waals surface area contributed by atoms with Crippen LogP contribution in [0.25, 0.3) is 0 Å². The fourth-order valence-corrected chi connectivity index (χ4v) is 10.0. The number of hydrogen-bond acceptors (Lipinski definition) is 10. The monoisotopic (exact) mass is 755 g/mol. The summed E-state index contributed by atoms with van der Waals surface area (Å²) in [5.74, 6) is 0.720. The Hall–Kier alpha value is -2.74. The third-order valence-corrected chi connectivity index (χ3v) is 14.5. The zero-order valence-electron chi connectivity index (χ0n) is 30.8. The summed E-state index contributed by atoms with van der Waals surface area (Å²) in [5, 5.41) is -0.100. The first-order valence-electron chi connectivity index (χ1n) is 19.0. The zero-order chi connectivity index (χ0) is 36.5. The molecular formula is C39H54ClN5O6S. The van der Waals surface area contributed by atoms with Crippen molar-refractivity contribution in [3.8, 4) is 5.75 Å². The molecule has 1 N–H and O–H groups in total. The predicted octanol–water partition coefficient (Wildman–Crippen LogP) is 4.93. The highest BCUT2D eigenvalue weighted by Gasteiger charge is 2.48. The van der Waals surface area contributed by atoms with E-state index in [1.165, 1.54) is 5.56 Å². The van der Waals surface area contributed by atoms with Crippen molar-refractivity contribution in [1.29, 1.82) is 0 Å². The number of hydrogen-bond donors (Lipinski definition) is 1. The number of rotatable bonds is 4. The minimum Gasteiger partial charge on any atom is -0.485 e. The summed E-state index contributed by atoms with van der Waals surface area (Å²) in [5.41, 5.74) is 1.74. The summed E-state index contributed by atoms with van der Waals surface area (Å²) < 4.78 is 48.0. The number of nitrogens with one attached hydrogen (secondary N) is 1. The lowest BCUT2D eigenvalue weighted by Gasteiger charge is -2.52. The van der Waals surface area contributed by atoms with Gasteiger partial charge in [-0.15, -0.1) is 0 Å². The topological polar surface area (TPSA) is 114 Å². The van der Waals surface area contributed by atoms with Crippen LogP contribution in [0.3, 0.4) is 0 Å². The van der Waals surface area contributed by atoms with Gasteiger partial charge in [0.1, 0.15) is 17.9 Å². The summed E-state index contributed by atoms with van der Waals surface area (Å²) in [7, 11) is -2.16. The van der Waals surface area contributed by atoms with Gasteiger partial charge in [-0.1, -0.05) is 36.7 Å². The molecule has 1 saturated carbocycles. The number of piperazine rings is 1. The second-order valence-corrected chi connectivity index (χ2v) is 18.0. The summed E-state index contributed by atoms with van der Waals surface area (Å²) in [6.45, 7) is 11.7. The third-order valence-electron chi connectivity index (χ3n) is 12.4. The number of aromatic nitrogens is 1. The van der Waals surface area contributed by atoms with Crippen molar-refractivity contribution in [2.45, 2.75) is 75.9 Å². The van der Waals surface area contributed by atoms with E-state index in [0.717, 1.165) is 90.1 Å². The second kappa shape index (κ2) is 15.9. The van der Waals surface area contributed by atoms with Crippen LogP contribution in [0.5, 0.6) is 5.75 Å². The van der Waals surface area contributed by atoms with Gasteiger partial charge in [-0.2, -0.15) is 0 Å². The predicted molar refractivity (Wildman–Crippen MR) is 203 cm³/mol. The number of nitrogens with zero attached hydrogens (tertiary/aromatic N) is 4. The molecule has 2 bridgehead atoms. The Kier molecular flexibility index (Phi) is 11.5. The van der Waals surface area contributed by atoms with E-state index >= 15 is 0 Å². The van der Waals surface area contributed by atoms with Crippen molar-refractivity contribution in [1.82, 2.24) is 19.5 Å². The molecule has 1 aromatic heterocycles. The quantitative estimate of drug-likeness (QED) is 0.432. The van der Waals surface area contributed by atoms with E-state index in [-0.39, 0.29) is 17.5 Å². The molecule has 0 spiro atoms. The lowest BCUT2D eigenvalue weighted by molar-refractivity contribution is -0.107. The molecule has 0 unspecified atom stereocenters. The van der Waals surface area contributed by atoms with Crippen LogP contribution in [-0.4, -0.2) is 112 Å². The maximum Gasteiger partial charge on any atom is 0.283 e. The van der Waals surface area contributed by atoms with E-state index in [9.17, 15) is 13.2 Å². The van der Waals surface area contributed by atoms with Gasteiger partial charge in [0.2, 0.25) is 10.0 Å². The lowest BCUT2D eigenvalue weighted by atomic mass is 9.63. The van der Waals surface area contributed by atoms with Crippen LogP contribution in [0.4, 0.5) is 5.82 Å². The van der Waals surface area contributed by atoms with Gasteiger partial charge < -0.3 is 19.1 Å². The van der Waals surface area contributed by atoms with Crippen LogP contribution in [0.2, 0.25) is 5.02 Å². The summed E-state index contributed by atoms with van der Waals surface area (Å²) in [6, 6.07) is 9.77. The molecular weight excluding hydrogens is 702 g/mol. The number of sulfonamides is 1.